The summed E-state index contributed by atoms with van der Waals surface area (Å²) in [7, 11) is 1.61. The molecule has 21 heavy (non-hydrogen) atoms. The second-order valence-corrected chi connectivity index (χ2v) is 6.26. The van der Waals surface area contributed by atoms with Gasteiger partial charge in [-0.1, -0.05) is 27.5 Å². The third-order valence-corrected chi connectivity index (χ3v) is 4.56. The molecule has 112 valence electrons. The number of benzene rings is 1. The predicted molar refractivity (Wildman–Crippen MR) is 85.8 cm³/mol. The maximum Gasteiger partial charge on any atom is 0.150 e. The molecule has 3 rings (SSSR count). The summed E-state index contributed by atoms with van der Waals surface area (Å²) in [4.78, 5) is 0. The van der Waals surface area contributed by atoms with Crippen LogP contribution in [0.3, 0.4) is 0 Å². The summed E-state index contributed by atoms with van der Waals surface area (Å²) in [5.74, 6) is 0.650. The van der Waals surface area contributed by atoms with Crippen LogP contribution in [0, 0.1) is 0 Å². The standard InChI is InChI=1S/C15H16BrClN2O2/c1-20-14-6-11(12(16)7-13(14)17)10-8-18-19(9-10)15-4-2-3-5-21-15/h6-9,15H,2-5H2,1H3. The first-order valence-electron chi connectivity index (χ1n) is 6.88. The molecule has 2 heterocycles. The zero-order valence-electron chi connectivity index (χ0n) is 11.7. The van der Waals surface area contributed by atoms with Gasteiger partial charge in [-0.15, -0.1) is 0 Å². The van der Waals surface area contributed by atoms with Crippen molar-refractivity contribution in [2.75, 3.05) is 13.7 Å². The molecule has 0 radical (unpaired) electrons. The largest absolute Gasteiger partial charge is 0.495 e. The first-order valence-corrected chi connectivity index (χ1v) is 8.05. The van der Waals surface area contributed by atoms with Crippen LogP contribution in [0.2, 0.25) is 5.02 Å². The van der Waals surface area contributed by atoms with Crippen LogP contribution < -0.4 is 4.74 Å². The Morgan fingerprint density at radius 1 is 1.43 bits per heavy atom. The van der Waals surface area contributed by atoms with Gasteiger partial charge in [-0.25, -0.2) is 4.68 Å². The van der Waals surface area contributed by atoms with Gasteiger partial charge in [0.25, 0.3) is 0 Å². The first kappa shape index (κ1) is 14.9. The number of rotatable bonds is 3. The Balaban J connectivity index is 1.92. The molecule has 0 aliphatic carbocycles. The molecule has 1 unspecified atom stereocenters. The third kappa shape index (κ3) is 3.10. The van der Waals surface area contributed by atoms with Crippen LogP contribution in [0.25, 0.3) is 11.1 Å². The molecule has 4 nitrogen and oxygen atoms in total. The molecule has 0 amide bonds. The fourth-order valence-corrected chi connectivity index (χ4v) is 3.42. The van der Waals surface area contributed by atoms with Gasteiger partial charge in [0.1, 0.15) is 12.0 Å². The van der Waals surface area contributed by atoms with Crippen LogP contribution in [0.4, 0.5) is 0 Å². The van der Waals surface area contributed by atoms with Gasteiger partial charge in [0, 0.05) is 28.4 Å². The Morgan fingerprint density at radius 2 is 2.29 bits per heavy atom. The van der Waals surface area contributed by atoms with E-state index < -0.39 is 0 Å². The lowest BCUT2D eigenvalue weighted by Gasteiger charge is -2.22. The van der Waals surface area contributed by atoms with Crippen LogP contribution >= 0.6 is 27.5 Å². The molecule has 0 N–H and O–H groups in total. The van der Waals surface area contributed by atoms with Gasteiger partial charge in [-0.3, -0.25) is 0 Å². The van der Waals surface area contributed by atoms with Gasteiger partial charge < -0.3 is 9.47 Å². The normalized spacial score (nSPS) is 18.7. The third-order valence-electron chi connectivity index (χ3n) is 3.60. The summed E-state index contributed by atoms with van der Waals surface area (Å²) >= 11 is 9.66. The van der Waals surface area contributed by atoms with E-state index in [0.717, 1.165) is 35.0 Å². The van der Waals surface area contributed by atoms with Crippen LogP contribution in [0.1, 0.15) is 25.5 Å². The average molecular weight is 372 g/mol. The molecule has 6 heteroatoms. The molecule has 1 aliphatic heterocycles. The van der Waals surface area contributed by atoms with Crippen molar-refractivity contribution in [2.24, 2.45) is 0 Å². The molecule has 1 aromatic carbocycles. The second kappa shape index (κ2) is 6.38. The Bertz CT molecular complexity index is 639. The van der Waals surface area contributed by atoms with Gasteiger partial charge in [0.15, 0.2) is 0 Å². The van der Waals surface area contributed by atoms with E-state index in [4.69, 9.17) is 21.1 Å². The van der Waals surface area contributed by atoms with Crippen LogP contribution in [-0.2, 0) is 4.74 Å². The molecule has 0 saturated carbocycles. The minimum Gasteiger partial charge on any atom is -0.495 e. The highest BCUT2D eigenvalue weighted by molar-refractivity contribution is 9.10. The van der Waals surface area contributed by atoms with E-state index in [1.54, 1.807) is 7.11 Å². The Kier molecular flexibility index (Phi) is 4.52. The molecule has 1 aromatic heterocycles. The van der Waals surface area contributed by atoms with E-state index in [9.17, 15) is 0 Å². The monoisotopic (exact) mass is 370 g/mol. The van der Waals surface area contributed by atoms with Crippen molar-refractivity contribution in [3.63, 3.8) is 0 Å². The van der Waals surface area contributed by atoms with E-state index >= 15 is 0 Å². The van der Waals surface area contributed by atoms with E-state index in [1.165, 1.54) is 6.42 Å². The summed E-state index contributed by atoms with van der Waals surface area (Å²) < 4.78 is 13.8. The minimum absolute atomic E-state index is 0.0421. The Labute approximate surface area is 137 Å². The number of halogens is 2. The lowest BCUT2D eigenvalue weighted by atomic mass is 10.1. The summed E-state index contributed by atoms with van der Waals surface area (Å²) in [5.41, 5.74) is 2.00. The van der Waals surface area contributed by atoms with Gasteiger partial charge >= 0.3 is 0 Å². The topological polar surface area (TPSA) is 36.3 Å². The SMILES string of the molecule is COc1cc(-c2cnn(C3CCCCO3)c2)c(Br)cc1Cl. The zero-order valence-corrected chi connectivity index (χ0v) is 14.0. The Hall–Kier alpha value is -1.04. The molecule has 1 fully saturated rings. The van der Waals surface area contributed by atoms with Gasteiger partial charge in [-0.05, 0) is 31.4 Å². The van der Waals surface area contributed by atoms with Gasteiger partial charge in [-0.2, -0.15) is 5.10 Å². The fraction of sp³-hybridized carbons (Fsp3) is 0.400. The molecular weight excluding hydrogens is 356 g/mol. The molecular formula is C15H16BrClN2O2. The molecule has 0 bridgehead atoms. The smallest absolute Gasteiger partial charge is 0.150 e. The van der Waals surface area contributed by atoms with Crippen LogP contribution in [0.5, 0.6) is 5.75 Å². The highest BCUT2D eigenvalue weighted by Crippen LogP contribution is 2.37. The zero-order chi connectivity index (χ0) is 14.8. The number of ether oxygens (including phenoxy) is 2. The number of nitrogens with zero attached hydrogens (tertiary/aromatic N) is 2. The summed E-state index contributed by atoms with van der Waals surface area (Å²) in [6, 6.07) is 3.75. The summed E-state index contributed by atoms with van der Waals surface area (Å²) in [6.45, 7) is 0.804. The highest BCUT2D eigenvalue weighted by atomic mass is 79.9. The highest BCUT2D eigenvalue weighted by Gasteiger charge is 2.18. The minimum atomic E-state index is 0.0421. The van der Waals surface area contributed by atoms with Crippen molar-refractivity contribution in [1.82, 2.24) is 9.78 Å². The van der Waals surface area contributed by atoms with E-state index in [-0.39, 0.29) is 6.23 Å². The van der Waals surface area contributed by atoms with Crippen molar-refractivity contribution in [3.05, 3.63) is 34.0 Å². The van der Waals surface area contributed by atoms with Crippen LogP contribution in [-0.4, -0.2) is 23.5 Å². The van der Waals surface area contributed by atoms with Crippen LogP contribution in [0.15, 0.2) is 29.0 Å². The van der Waals surface area contributed by atoms with E-state index in [0.29, 0.717) is 10.8 Å². The lowest BCUT2D eigenvalue weighted by Crippen LogP contribution is -2.18. The number of aromatic nitrogens is 2. The molecule has 1 aliphatic rings. The average Bonchev–Trinajstić information content (AvgIpc) is 2.98. The summed E-state index contributed by atoms with van der Waals surface area (Å²) in [6.07, 6.45) is 7.20. The van der Waals surface area contributed by atoms with Gasteiger partial charge in [0.05, 0.1) is 18.3 Å². The Morgan fingerprint density at radius 3 is 3.00 bits per heavy atom. The quantitative estimate of drug-likeness (QED) is 0.786. The maximum atomic E-state index is 6.12. The molecule has 1 saturated heterocycles. The van der Waals surface area contributed by atoms with Gasteiger partial charge in [0.2, 0.25) is 0 Å². The second-order valence-electron chi connectivity index (χ2n) is 5.00. The van der Waals surface area contributed by atoms with Crippen molar-refractivity contribution in [1.29, 1.82) is 0 Å². The van der Waals surface area contributed by atoms with Crippen molar-refractivity contribution >= 4 is 27.5 Å². The predicted octanol–water partition coefficient (Wildman–Crippen LogP) is 4.67. The van der Waals surface area contributed by atoms with E-state index in [2.05, 4.69) is 21.0 Å². The number of methoxy groups -OCH3 is 1. The molecule has 0 spiro atoms. The fourth-order valence-electron chi connectivity index (χ4n) is 2.47. The number of hydrogen-bond donors (Lipinski definition) is 0. The number of hydrogen-bond acceptors (Lipinski definition) is 3. The first-order chi connectivity index (χ1) is 10.2. The van der Waals surface area contributed by atoms with E-state index in [1.807, 2.05) is 29.2 Å². The molecule has 1 atom stereocenters. The lowest BCUT2D eigenvalue weighted by molar-refractivity contribution is -0.0394. The molecule has 2 aromatic rings. The van der Waals surface area contributed by atoms with Crippen molar-refractivity contribution in [3.8, 4) is 16.9 Å². The van der Waals surface area contributed by atoms with Crippen molar-refractivity contribution < 1.29 is 9.47 Å². The summed E-state index contributed by atoms with van der Waals surface area (Å²) in [5, 5.41) is 5.01. The maximum absolute atomic E-state index is 6.12. The van der Waals surface area contributed by atoms with Crippen molar-refractivity contribution in [2.45, 2.75) is 25.5 Å².